The molecule has 0 radical (unpaired) electrons. The van der Waals surface area contributed by atoms with Crippen molar-refractivity contribution in [1.29, 1.82) is 0 Å². The molecule has 1 amide bonds. The number of nitrogens with zero attached hydrogens (tertiary/aromatic N) is 1. The second-order valence-electron chi connectivity index (χ2n) is 6.29. The molecule has 1 atom stereocenters. The van der Waals surface area contributed by atoms with Gasteiger partial charge in [-0.25, -0.2) is 0 Å². The highest BCUT2D eigenvalue weighted by atomic mass is 35.5. The second-order valence-corrected chi connectivity index (χ2v) is 6.70. The fraction of sp³-hybridized carbons (Fsp3) is 0.611. The summed E-state index contributed by atoms with van der Waals surface area (Å²) in [5, 5.41) is 13.7. The van der Waals surface area contributed by atoms with E-state index in [1.165, 1.54) is 12.8 Å². The summed E-state index contributed by atoms with van der Waals surface area (Å²) in [6.45, 7) is 5.39. The van der Waals surface area contributed by atoms with Gasteiger partial charge >= 0.3 is 0 Å². The van der Waals surface area contributed by atoms with E-state index >= 15 is 0 Å². The molecule has 2 N–H and O–H groups in total. The lowest BCUT2D eigenvalue weighted by molar-refractivity contribution is -0.130. The van der Waals surface area contributed by atoms with E-state index in [0.29, 0.717) is 5.02 Å². The molecule has 1 aromatic rings. The monoisotopic (exact) mass is 338 g/mol. The quantitative estimate of drug-likeness (QED) is 0.803. The summed E-state index contributed by atoms with van der Waals surface area (Å²) in [6, 6.07) is 7.47. The normalized spacial score (nSPS) is 17.9. The van der Waals surface area contributed by atoms with Crippen LogP contribution in [0.15, 0.2) is 24.3 Å². The lowest BCUT2D eigenvalue weighted by atomic mass is 10.0. The van der Waals surface area contributed by atoms with E-state index in [9.17, 15) is 9.90 Å². The Balaban J connectivity index is 1.75. The van der Waals surface area contributed by atoms with Gasteiger partial charge in [0.15, 0.2) is 0 Å². The van der Waals surface area contributed by atoms with Gasteiger partial charge in [-0.15, -0.1) is 0 Å². The van der Waals surface area contributed by atoms with Crippen molar-refractivity contribution >= 4 is 17.5 Å². The molecule has 0 saturated carbocycles. The molecule has 0 spiro atoms. The van der Waals surface area contributed by atoms with Gasteiger partial charge in [0, 0.05) is 30.6 Å². The van der Waals surface area contributed by atoms with Crippen LogP contribution in [0, 0.1) is 0 Å². The van der Waals surface area contributed by atoms with Gasteiger partial charge in [0.05, 0.1) is 0 Å². The first-order valence-electron chi connectivity index (χ1n) is 8.54. The highest BCUT2D eigenvalue weighted by Crippen LogP contribution is 2.17. The van der Waals surface area contributed by atoms with Crippen molar-refractivity contribution in [2.75, 3.05) is 19.6 Å². The number of carbonyl (C=O) groups is 1. The Morgan fingerprint density at radius 2 is 2.09 bits per heavy atom. The number of nitrogens with one attached hydrogen (secondary N) is 1. The van der Waals surface area contributed by atoms with Crippen molar-refractivity contribution < 1.29 is 9.90 Å². The van der Waals surface area contributed by atoms with Crippen molar-refractivity contribution in [1.82, 2.24) is 10.2 Å². The summed E-state index contributed by atoms with van der Waals surface area (Å²) in [5.74, 6) is -0.295. The van der Waals surface area contributed by atoms with Crippen molar-refractivity contribution in [2.24, 2.45) is 0 Å². The van der Waals surface area contributed by atoms with Crippen molar-refractivity contribution in [2.45, 2.75) is 51.2 Å². The van der Waals surface area contributed by atoms with Gasteiger partial charge in [-0.2, -0.15) is 0 Å². The zero-order chi connectivity index (χ0) is 16.7. The van der Waals surface area contributed by atoms with Gasteiger partial charge in [0.25, 0.3) is 0 Å². The van der Waals surface area contributed by atoms with Gasteiger partial charge in [-0.1, -0.05) is 43.1 Å². The fourth-order valence-electron chi connectivity index (χ4n) is 2.94. The summed E-state index contributed by atoms with van der Waals surface area (Å²) in [7, 11) is 0. The Bertz CT molecular complexity index is 502. The molecule has 1 aliphatic rings. The summed E-state index contributed by atoms with van der Waals surface area (Å²) in [6.07, 6.45) is 3.55. The molecule has 1 saturated heterocycles. The number of benzene rings is 1. The van der Waals surface area contributed by atoms with Crippen molar-refractivity contribution in [3.05, 3.63) is 34.9 Å². The van der Waals surface area contributed by atoms with Crippen LogP contribution in [0.5, 0.6) is 0 Å². The molecule has 23 heavy (non-hydrogen) atoms. The number of piperidine rings is 1. The average Bonchev–Trinajstić information content (AvgIpc) is 2.56. The highest BCUT2D eigenvalue weighted by Gasteiger charge is 2.23. The molecule has 0 aliphatic carbocycles. The standard InChI is InChI=1S/C18H27ClN2O2/c1-2-3-10-21-11-8-15(9-12-21)20-18(23)17(22)13-14-6-4-5-7-16(14)19/h4-7,15,17,22H,2-3,8-13H2,1H3,(H,20,23)/t17-/m0/s1. The molecule has 1 heterocycles. The maximum absolute atomic E-state index is 12.2. The predicted octanol–water partition coefficient (Wildman–Crippen LogP) is 2.62. The van der Waals surface area contributed by atoms with Crippen LogP contribution in [0.3, 0.4) is 0 Å². The van der Waals surface area contributed by atoms with Gasteiger partial charge in [-0.05, 0) is 37.4 Å². The molecule has 0 bridgehead atoms. The first-order valence-corrected chi connectivity index (χ1v) is 8.92. The van der Waals surface area contributed by atoms with Crippen LogP contribution in [0.1, 0.15) is 38.2 Å². The van der Waals surface area contributed by atoms with Crippen molar-refractivity contribution in [3.8, 4) is 0 Å². The van der Waals surface area contributed by atoms with Gasteiger partial charge < -0.3 is 15.3 Å². The topological polar surface area (TPSA) is 52.6 Å². The number of halogens is 1. The molecule has 128 valence electrons. The Kier molecular flexibility index (Phi) is 7.34. The zero-order valence-corrected chi connectivity index (χ0v) is 14.6. The van der Waals surface area contributed by atoms with E-state index in [1.807, 2.05) is 18.2 Å². The first kappa shape index (κ1) is 18.2. The van der Waals surface area contributed by atoms with E-state index < -0.39 is 6.10 Å². The Morgan fingerprint density at radius 1 is 1.39 bits per heavy atom. The van der Waals surface area contributed by atoms with Gasteiger partial charge in [0.1, 0.15) is 6.10 Å². The van der Waals surface area contributed by atoms with E-state index in [4.69, 9.17) is 11.6 Å². The molecule has 4 nitrogen and oxygen atoms in total. The summed E-state index contributed by atoms with van der Waals surface area (Å²) in [5.41, 5.74) is 0.797. The number of unbranched alkanes of at least 4 members (excludes halogenated alkanes) is 1. The molecule has 5 heteroatoms. The Hall–Kier alpha value is -1.10. The third-order valence-electron chi connectivity index (χ3n) is 4.44. The lowest BCUT2D eigenvalue weighted by Gasteiger charge is -2.32. The molecule has 1 aliphatic heterocycles. The largest absolute Gasteiger partial charge is 0.383 e. The fourth-order valence-corrected chi connectivity index (χ4v) is 3.16. The Morgan fingerprint density at radius 3 is 2.74 bits per heavy atom. The number of hydrogen-bond acceptors (Lipinski definition) is 3. The SMILES string of the molecule is CCCCN1CCC(NC(=O)[C@@H](O)Cc2ccccc2Cl)CC1. The summed E-state index contributed by atoms with van der Waals surface area (Å²) >= 11 is 6.07. The predicted molar refractivity (Wildman–Crippen MR) is 93.7 cm³/mol. The van der Waals surface area contributed by atoms with Gasteiger partial charge in [0.2, 0.25) is 5.91 Å². The number of amides is 1. The molecular formula is C18H27ClN2O2. The molecule has 1 aromatic carbocycles. The van der Waals surface area contributed by atoms with E-state index in [2.05, 4.69) is 17.1 Å². The third-order valence-corrected chi connectivity index (χ3v) is 4.80. The number of hydrogen-bond donors (Lipinski definition) is 2. The van der Waals surface area contributed by atoms with Gasteiger partial charge in [-0.3, -0.25) is 4.79 Å². The smallest absolute Gasteiger partial charge is 0.249 e. The number of likely N-dealkylation sites (tertiary alicyclic amines) is 1. The van der Waals surface area contributed by atoms with Crippen LogP contribution in [-0.4, -0.2) is 47.7 Å². The van der Waals surface area contributed by atoms with Crippen LogP contribution in [0.4, 0.5) is 0 Å². The van der Waals surface area contributed by atoms with Crippen LogP contribution >= 0.6 is 11.6 Å². The second kappa shape index (κ2) is 9.26. The Labute approximate surface area is 143 Å². The zero-order valence-electron chi connectivity index (χ0n) is 13.8. The number of aliphatic hydroxyl groups is 1. The highest BCUT2D eigenvalue weighted by molar-refractivity contribution is 6.31. The van der Waals surface area contributed by atoms with Crippen LogP contribution < -0.4 is 5.32 Å². The van der Waals surface area contributed by atoms with E-state index in [-0.39, 0.29) is 18.4 Å². The molecule has 1 fully saturated rings. The number of aliphatic hydroxyl groups excluding tert-OH is 1. The lowest BCUT2D eigenvalue weighted by Crippen LogP contribution is -2.48. The summed E-state index contributed by atoms with van der Waals surface area (Å²) in [4.78, 5) is 14.6. The van der Waals surface area contributed by atoms with E-state index in [1.54, 1.807) is 6.07 Å². The minimum Gasteiger partial charge on any atom is -0.383 e. The van der Waals surface area contributed by atoms with Crippen molar-refractivity contribution in [3.63, 3.8) is 0 Å². The third kappa shape index (κ3) is 5.79. The van der Waals surface area contributed by atoms with Crippen LogP contribution in [-0.2, 0) is 11.2 Å². The average molecular weight is 339 g/mol. The van der Waals surface area contributed by atoms with Crippen LogP contribution in [0.2, 0.25) is 5.02 Å². The maximum atomic E-state index is 12.2. The first-order chi connectivity index (χ1) is 11.1. The van der Waals surface area contributed by atoms with Crippen LogP contribution in [0.25, 0.3) is 0 Å². The minimum atomic E-state index is -1.05. The molecule has 2 rings (SSSR count). The number of carbonyl (C=O) groups excluding carboxylic acids is 1. The maximum Gasteiger partial charge on any atom is 0.249 e. The molecule has 0 aromatic heterocycles. The summed E-state index contributed by atoms with van der Waals surface area (Å²) < 4.78 is 0. The molecule has 0 unspecified atom stereocenters. The minimum absolute atomic E-state index is 0.168. The number of rotatable bonds is 7. The van der Waals surface area contributed by atoms with E-state index in [0.717, 1.165) is 38.0 Å². The molecular weight excluding hydrogens is 312 g/mol.